The van der Waals surface area contributed by atoms with Gasteiger partial charge in [0.15, 0.2) is 0 Å². The van der Waals surface area contributed by atoms with Gasteiger partial charge in [-0.25, -0.2) is 0 Å². The fourth-order valence-electron chi connectivity index (χ4n) is 0.623. The third-order valence-corrected chi connectivity index (χ3v) is 1.60. The molecule has 0 heteroatoms. The molecule has 0 aromatic heterocycles. The Morgan fingerprint density at radius 1 is 1.10 bits per heavy atom. The smallest absolute Gasteiger partial charge is 0.0219 e. The zero-order valence-corrected chi connectivity index (χ0v) is 7.20. The van der Waals surface area contributed by atoms with Gasteiger partial charge in [0.2, 0.25) is 0 Å². The molecule has 0 rings (SSSR count). The van der Waals surface area contributed by atoms with Crippen LogP contribution in [0.25, 0.3) is 0 Å². The average molecular weight is 136 g/mol. The van der Waals surface area contributed by atoms with Crippen LogP contribution in [0.3, 0.4) is 0 Å². The van der Waals surface area contributed by atoms with E-state index in [1.165, 1.54) is 0 Å². The monoisotopic (exact) mass is 136 g/mol. The van der Waals surface area contributed by atoms with Crippen LogP contribution in [0, 0.1) is 5.92 Å². The first-order valence-electron chi connectivity index (χ1n) is 3.50. The Bertz CT molecular complexity index is 170. The number of rotatable bonds is 3. The van der Waals surface area contributed by atoms with Crippen molar-refractivity contribution in [3.63, 3.8) is 0 Å². The highest BCUT2D eigenvalue weighted by Gasteiger charge is 2.03. The van der Waals surface area contributed by atoms with Crippen molar-refractivity contribution < 1.29 is 0 Å². The van der Waals surface area contributed by atoms with Crippen LogP contribution in [0.1, 0.15) is 20.8 Å². The first-order chi connectivity index (χ1) is 4.46. The summed E-state index contributed by atoms with van der Waals surface area (Å²) in [6.45, 7) is 17.8. The molecule has 0 unspecified atom stereocenters. The normalized spacial score (nSPS) is 9.60. The van der Waals surface area contributed by atoms with Crippen molar-refractivity contribution in [1.29, 1.82) is 0 Å². The lowest BCUT2D eigenvalue weighted by molar-refractivity contribution is 0.784. The second kappa shape index (κ2) is 3.40. The van der Waals surface area contributed by atoms with E-state index in [9.17, 15) is 0 Å². The van der Waals surface area contributed by atoms with E-state index in [0.717, 1.165) is 16.7 Å². The van der Waals surface area contributed by atoms with Gasteiger partial charge in [-0.05, 0) is 24.0 Å². The second-order valence-corrected chi connectivity index (χ2v) is 2.94. The van der Waals surface area contributed by atoms with Crippen LogP contribution in [0.4, 0.5) is 0 Å². The lowest BCUT2D eigenvalue weighted by Gasteiger charge is -2.11. The molecule has 0 atom stereocenters. The van der Waals surface area contributed by atoms with Gasteiger partial charge in [-0.1, -0.05) is 39.2 Å². The molecule has 0 aromatic rings. The van der Waals surface area contributed by atoms with Crippen LogP contribution >= 0.6 is 0 Å². The van der Waals surface area contributed by atoms with Crippen molar-refractivity contribution in [2.75, 3.05) is 0 Å². The van der Waals surface area contributed by atoms with Crippen molar-refractivity contribution in [3.8, 4) is 0 Å². The highest BCUT2D eigenvalue weighted by molar-refractivity contribution is 5.41. The minimum absolute atomic E-state index is 0.476. The Balaban J connectivity index is 4.24. The molecule has 0 bridgehead atoms. The summed E-state index contributed by atoms with van der Waals surface area (Å²) >= 11 is 0. The highest BCUT2D eigenvalue weighted by atomic mass is 14.1. The predicted octanol–water partition coefficient (Wildman–Crippen LogP) is 3.33. The molecule has 10 heavy (non-hydrogen) atoms. The van der Waals surface area contributed by atoms with E-state index in [-0.39, 0.29) is 0 Å². The molecular weight excluding hydrogens is 120 g/mol. The lowest BCUT2D eigenvalue weighted by Crippen LogP contribution is -1.95. The summed E-state index contributed by atoms with van der Waals surface area (Å²) in [4.78, 5) is 0. The molecule has 0 amide bonds. The van der Waals surface area contributed by atoms with E-state index in [1.807, 2.05) is 6.92 Å². The van der Waals surface area contributed by atoms with Gasteiger partial charge >= 0.3 is 0 Å². The zero-order chi connectivity index (χ0) is 8.31. The molecule has 56 valence electrons. The fourth-order valence-corrected chi connectivity index (χ4v) is 0.623. The average Bonchev–Trinajstić information content (AvgIpc) is 1.84. The van der Waals surface area contributed by atoms with Crippen molar-refractivity contribution in [2.24, 2.45) is 5.92 Å². The van der Waals surface area contributed by atoms with Gasteiger partial charge in [0.05, 0.1) is 0 Å². The molecule has 0 aliphatic heterocycles. The van der Waals surface area contributed by atoms with Crippen LogP contribution in [0.2, 0.25) is 0 Å². The van der Waals surface area contributed by atoms with Crippen LogP contribution in [-0.2, 0) is 0 Å². The number of hydrogen-bond donors (Lipinski definition) is 0. The maximum Gasteiger partial charge on any atom is -0.0219 e. The molecule has 0 radical (unpaired) electrons. The molecule has 0 fully saturated rings. The Morgan fingerprint density at radius 2 is 1.50 bits per heavy atom. The molecule has 0 heterocycles. The molecular formula is C10H16. The fraction of sp³-hybridized carbons (Fsp3) is 0.400. The van der Waals surface area contributed by atoms with Gasteiger partial charge in [0.1, 0.15) is 0 Å². The molecule has 0 saturated heterocycles. The topological polar surface area (TPSA) is 0 Å². The van der Waals surface area contributed by atoms with Gasteiger partial charge in [0.25, 0.3) is 0 Å². The third-order valence-electron chi connectivity index (χ3n) is 1.60. The Kier molecular flexibility index (Phi) is 3.14. The maximum atomic E-state index is 3.92. The van der Waals surface area contributed by atoms with E-state index in [2.05, 4.69) is 33.6 Å². The summed E-state index contributed by atoms with van der Waals surface area (Å²) in [5.41, 5.74) is 3.10. The summed E-state index contributed by atoms with van der Waals surface area (Å²) < 4.78 is 0. The molecule has 0 aromatic carbocycles. The van der Waals surface area contributed by atoms with Gasteiger partial charge < -0.3 is 0 Å². The van der Waals surface area contributed by atoms with Gasteiger partial charge in [0, 0.05) is 0 Å². The molecule has 0 nitrogen and oxygen atoms in total. The standard InChI is InChI=1S/C10H16/c1-7(2)9(5)10(6)8(3)4/h8H,1,5-6H2,2-4H3. The summed E-state index contributed by atoms with van der Waals surface area (Å²) in [6, 6.07) is 0. The Morgan fingerprint density at radius 3 is 1.60 bits per heavy atom. The second-order valence-electron chi connectivity index (χ2n) is 2.94. The molecule has 0 saturated carbocycles. The Labute approximate surface area is 64.0 Å². The quantitative estimate of drug-likeness (QED) is 0.522. The van der Waals surface area contributed by atoms with E-state index >= 15 is 0 Å². The summed E-state index contributed by atoms with van der Waals surface area (Å²) in [6.07, 6.45) is 0. The van der Waals surface area contributed by atoms with Crippen LogP contribution in [0.15, 0.2) is 36.5 Å². The lowest BCUT2D eigenvalue weighted by atomic mass is 9.94. The van der Waals surface area contributed by atoms with Crippen molar-refractivity contribution in [2.45, 2.75) is 20.8 Å². The molecule has 0 aliphatic rings. The van der Waals surface area contributed by atoms with Crippen LogP contribution in [-0.4, -0.2) is 0 Å². The predicted molar refractivity (Wildman–Crippen MR) is 47.9 cm³/mol. The van der Waals surface area contributed by atoms with Crippen LogP contribution < -0.4 is 0 Å². The van der Waals surface area contributed by atoms with Gasteiger partial charge in [-0.2, -0.15) is 0 Å². The van der Waals surface area contributed by atoms with E-state index in [0.29, 0.717) is 5.92 Å². The van der Waals surface area contributed by atoms with E-state index < -0.39 is 0 Å². The molecule has 0 aliphatic carbocycles. The first kappa shape index (κ1) is 9.22. The van der Waals surface area contributed by atoms with E-state index in [4.69, 9.17) is 0 Å². The summed E-state index contributed by atoms with van der Waals surface area (Å²) in [5, 5.41) is 0. The van der Waals surface area contributed by atoms with Gasteiger partial charge in [-0.3, -0.25) is 0 Å². The number of hydrogen-bond acceptors (Lipinski definition) is 0. The summed E-state index contributed by atoms with van der Waals surface area (Å²) in [7, 11) is 0. The minimum atomic E-state index is 0.476. The summed E-state index contributed by atoms with van der Waals surface area (Å²) in [5.74, 6) is 0.476. The largest absolute Gasteiger partial charge is 0.0955 e. The highest BCUT2D eigenvalue weighted by Crippen LogP contribution is 2.20. The first-order valence-corrected chi connectivity index (χ1v) is 3.50. The minimum Gasteiger partial charge on any atom is -0.0955 e. The third kappa shape index (κ3) is 2.22. The Hall–Kier alpha value is -0.780. The van der Waals surface area contributed by atoms with Gasteiger partial charge in [-0.15, -0.1) is 0 Å². The van der Waals surface area contributed by atoms with Crippen molar-refractivity contribution in [1.82, 2.24) is 0 Å². The van der Waals surface area contributed by atoms with E-state index in [1.54, 1.807) is 0 Å². The number of allylic oxidation sites excluding steroid dienone is 3. The zero-order valence-electron chi connectivity index (χ0n) is 7.20. The molecule has 0 N–H and O–H groups in total. The van der Waals surface area contributed by atoms with Crippen LogP contribution in [0.5, 0.6) is 0 Å². The maximum absolute atomic E-state index is 3.92. The van der Waals surface area contributed by atoms with Crippen molar-refractivity contribution >= 4 is 0 Å². The SMILES string of the molecule is C=C(C)C(=C)C(=C)C(C)C. The van der Waals surface area contributed by atoms with Crippen molar-refractivity contribution in [3.05, 3.63) is 36.5 Å². The molecule has 0 spiro atoms.